The van der Waals surface area contributed by atoms with E-state index in [9.17, 15) is 9.90 Å². The number of allylic oxidation sites excluding steroid dienone is 1. The quantitative estimate of drug-likeness (QED) is 0.331. The van der Waals surface area contributed by atoms with E-state index in [0.717, 1.165) is 35.2 Å². The molecule has 0 spiro atoms. The number of fused-ring (bicyclic) bond motifs is 3. The maximum absolute atomic E-state index is 13.7. The fraction of sp³-hybridized carbons (Fsp3) is 0.111. The number of halogens is 2. The maximum Gasteiger partial charge on any atom is 0.271 e. The van der Waals surface area contributed by atoms with Gasteiger partial charge in [0.2, 0.25) is 0 Å². The summed E-state index contributed by atoms with van der Waals surface area (Å²) in [5.41, 5.74) is 6.50. The Morgan fingerprint density at radius 3 is 2.47 bits per heavy atom. The molecule has 0 saturated carbocycles. The first-order chi connectivity index (χ1) is 16.5. The number of aromatic nitrogens is 1. The Bertz CT molecular complexity index is 1650. The molecule has 6 rings (SSSR count). The number of thiazole rings is 1. The van der Waals surface area contributed by atoms with Gasteiger partial charge in [0, 0.05) is 5.56 Å². The monoisotopic (exact) mass is 592 g/mol. The molecular formula is C27H18Br2N2O2S. The van der Waals surface area contributed by atoms with E-state index in [2.05, 4.69) is 68.3 Å². The fourth-order valence-corrected chi connectivity index (χ4v) is 7.00. The van der Waals surface area contributed by atoms with Gasteiger partial charge < -0.3 is 5.11 Å². The molecule has 1 N–H and O–H groups in total. The molecule has 4 aromatic rings. The third kappa shape index (κ3) is 3.54. The van der Waals surface area contributed by atoms with Crippen LogP contribution in [0.3, 0.4) is 0 Å². The van der Waals surface area contributed by atoms with Gasteiger partial charge in [-0.2, -0.15) is 0 Å². The minimum atomic E-state index is -0.179. The molecule has 0 fully saturated rings. The average Bonchev–Trinajstić information content (AvgIpc) is 3.16. The van der Waals surface area contributed by atoms with E-state index in [-0.39, 0.29) is 17.4 Å². The number of phenols is 1. The van der Waals surface area contributed by atoms with Gasteiger partial charge in [-0.1, -0.05) is 65.9 Å². The zero-order valence-corrected chi connectivity index (χ0v) is 21.8. The number of rotatable bonds is 2. The highest BCUT2D eigenvalue weighted by molar-refractivity contribution is 9.11. The molecule has 1 aliphatic carbocycles. The minimum Gasteiger partial charge on any atom is -0.506 e. The standard InChI is InChI=1S/C27H18Br2N2O2S/c28-20-12-15(13-21(29)25(20)32)14-22-26(33)31-24(17-7-2-1-3-8-17)19-11-10-16-6-4-5-9-18(16)23(19)30-27(31)34-22/h1-9,12-14,24,32H,10-11H2. The van der Waals surface area contributed by atoms with Gasteiger partial charge in [0.15, 0.2) is 4.80 Å². The number of benzene rings is 3. The van der Waals surface area contributed by atoms with Crippen molar-refractivity contribution in [1.82, 2.24) is 4.57 Å². The summed E-state index contributed by atoms with van der Waals surface area (Å²) in [7, 11) is 0. The van der Waals surface area contributed by atoms with Crippen molar-refractivity contribution >= 4 is 55.0 Å². The van der Waals surface area contributed by atoms with Crippen LogP contribution in [-0.2, 0) is 6.42 Å². The molecule has 0 amide bonds. The molecule has 1 aliphatic heterocycles. The smallest absolute Gasteiger partial charge is 0.271 e. The predicted octanol–water partition coefficient (Wildman–Crippen LogP) is 5.55. The highest BCUT2D eigenvalue weighted by Crippen LogP contribution is 2.41. The lowest BCUT2D eigenvalue weighted by molar-refractivity contribution is 0.468. The second-order valence-corrected chi connectivity index (χ2v) is 11.1. The Morgan fingerprint density at radius 1 is 1.00 bits per heavy atom. The predicted molar refractivity (Wildman–Crippen MR) is 143 cm³/mol. The number of nitrogens with zero attached hydrogens (tertiary/aromatic N) is 2. The van der Waals surface area contributed by atoms with Crippen LogP contribution in [0.25, 0.3) is 11.8 Å². The molecule has 0 radical (unpaired) electrons. The van der Waals surface area contributed by atoms with Gasteiger partial charge in [-0.3, -0.25) is 9.36 Å². The average molecular weight is 594 g/mol. The summed E-state index contributed by atoms with van der Waals surface area (Å²) < 4.78 is 3.59. The summed E-state index contributed by atoms with van der Waals surface area (Å²) in [6, 6.07) is 22.1. The summed E-state index contributed by atoms with van der Waals surface area (Å²) in [6.07, 6.45) is 3.67. The normalized spacial score (nSPS) is 17.1. The molecule has 3 aromatic carbocycles. The molecule has 2 heterocycles. The second-order valence-electron chi connectivity index (χ2n) is 8.36. The summed E-state index contributed by atoms with van der Waals surface area (Å²) in [4.78, 5) is 19.5. The van der Waals surface area contributed by atoms with Crippen LogP contribution in [0.1, 0.15) is 34.7 Å². The van der Waals surface area contributed by atoms with E-state index in [4.69, 9.17) is 4.99 Å². The van der Waals surface area contributed by atoms with Gasteiger partial charge >= 0.3 is 0 Å². The van der Waals surface area contributed by atoms with Gasteiger partial charge in [0.25, 0.3) is 5.56 Å². The van der Waals surface area contributed by atoms with Gasteiger partial charge in [0.05, 0.1) is 25.2 Å². The van der Waals surface area contributed by atoms with Crippen LogP contribution in [0.2, 0.25) is 0 Å². The summed E-state index contributed by atoms with van der Waals surface area (Å²) in [5.74, 6) is 0.133. The molecule has 168 valence electrons. The lowest BCUT2D eigenvalue weighted by Gasteiger charge is -2.30. The van der Waals surface area contributed by atoms with Crippen molar-refractivity contribution in [1.29, 1.82) is 0 Å². The van der Waals surface area contributed by atoms with Crippen LogP contribution in [-0.4, -0.2) is 9.67 Å². The van der Waals surface area contributed by atoms with Crippen molar-refractivity contribution < 1.29 is 5.11 Å². The van der Waals surface area contributed by atoms with Crippen LogP contribution < -0.4 is 14.9 Å². The summed E-state index contributed by atoms with van der Waals surface area (Å²) in [6.45, 7) is 0. The minimum absolute atomic E-state index is 0.0525. The van der Waals surface area contributed by atoms with Crippen molar-refractivity contribution in [3.8, 4) is 5.75 Å². The first kappa shape index (κ1) is 21.8. The van der Waals surface area contributed by atoms with E-state index < -0.39 is 0 Å². The molecule has 2 aliphatic rings. The molecular weight excluding hydrogens is 576 g/mol. The largest absolute Gasteiger partial charge is 0.506 e. The first-order valence-corrected chi connectivity index (χ1v) is 13.3. The van der Waals surface area contributed by atoms with E-state index in [0.29, 0.717) is 18.3 Å². The van der Waals surface area contributed by atoms with Gasteiger partial charge in [-0.25, -0.2) is 4.99 Å². The molecule has 0 bridgehead atoms. The van der Waals surface area contributed by atoms with Gasteiger partial charge in [-0.15, -0.1) is 0 Å². The molecule has 0 saturated heterocycles. The Kier molecular flexibility index (Phi) is 5.43. The number of hydrogen-bond acceptors (Lipinski definition) is 4. The zero-order valence-electron chi connectivity index (χ0n) is 17.8. The third-order valence-corrected chi connectivity index (χ3v) is 8.52. The zero-order chi connectivity index (χ0) is 23.4. The van der Waals surface area contributed by atoms with Crippen molar-refractivity contribution in [3.05, 3.63) is 123 Å². The van der Waals surface area contributed by atoms with Crippen molar-refractivity contribution in [2.24, 2.45) is 4.99 Å². The topological polar surface area (TPSA) is 54.6 Å². The van der Waals surface area contributed by atoms with E-state index in [1.165, 1.54) is 22.5 Å². The SMILES string of the molecule is O=c1c(=Cc2cc(Br)c(O)c(Br)c2)sc2n1C(c1ccccc1)C1=C(N=2)c2ccccc2CC1. The molecule has 1 aromatic heterocycles. The van der Waals surface area contributed by atoms with Gasteiger partial charge in [-0.05, 0) is 85.2 Å². The van der Waals surface area contributed by atoms with Crippen molar-refractivity contribution in [2.75, 3.05) is 0 Å². The lowest BCUT2D eigenvalue weighted by Crippen LogP contribution is -2.38. The first-order valence-electron chi connectivity index (χ1n) is 10.9. The van der Waals surface area contributed by atoms with E-state index in [1.807, 2.05) is 28.8 Å². The molecule has 7 heteroatoms. The van der Waals surface area contributed by atoms with Crippen LogP contribution in [0.15, 0.2) is 91.0 Å². The van der Waals surface area contributed by atoms with Crippen LogP contribution in [0.4, 0.5) is 0 Å². The Morgan fingerprint density at radius 2 is 1.71 bits per heavy atom. The summed E-state index contributed by atoms with van der Waals surface area (Å²) in [5, 5.41) is 10.1. The highest BCUT2D eigenvalue weighted by atomic mass is 79.9. The maximum atomic E-state index is 13.7. The third-order valence-electron chi connectivity index (χ3n) is 6.33. The molecule has 4 nitrogen and oxygen atoms in total. The lowest BCUT2D eigenvalue weighted by atomic mass is 9.83. The van der Waals surface area contributed by atoms with Gasteiger partial charge in [0.1, 0.15) is 5.75 Å². The Hall–Kier alpha value is -2.74. The van der Waals surface area contributed by atoms with E-state index in [1.54, 1.807) is 12.1 Å². The number of phenolic OH excluding ortho intramolecular Hbond substituents is 1. The van der Waals surface area contributed by atoms with Crippen LogP contribution in [0, 0.1) is 0 Å². The Labute approximate surface area is 216 Å². The molecule has 1 atom stereocenters. The van der Waals surface area contributed by atoms with Crippen LogP contribution in [0.5, 0.6) is 5.75 Å². The number of aromatic hydroxyl groups is 1. The Balaban J connectivity index is 1.62. The molecule has 1 unspecified atom stereocenters. The highest BCUT2D eigenvalue weighted by Gasteiger charge is 2.32. The molecule has 34 heavy (non-hydrogen) atoms. The van der Waals surface area contributed by atoms with Crippen molar-refractivity contribution in [2.45, 2.75) is 18.9 Å². The van der Waals surface area contributed by atoms with E-state index >= 15 is 0 Å². The number of hydrogen-bond donors (Lipinski definition) is 1. The second kappa shape index (κ2) is 8.48. The summed E-state index contributed by atoms with van der Waals surface area (Å²) >= 11 is 8.16. The number of aryl methyl sites for hydroxylation is 1. The van der Waals surface area contributed by atoms with Crippen molar-refractivity contribution in [3.63, 3.8) is 0 Å². The van der Waals surface area contributed by atoms with Crippen LogP contribution >= 0.6 is 43.2 Å². The fourth-order valence-electron chi connectivity index (χ4n) is 4.78.